The first kappa shape index (κ1) is 25.1. The quantitative estimate of drug-likeness (QED) is 0.196. The fraction of sp³-hybridized carbons (Fsp3) is 0.0345. The van der Waals surface area contributed by atoms with Crippen molar-refractivity contribution in [1.29, 1.82) is 0 Å². The molecule has 2 heterocycles. The van der Waals surface area contributed by atoms with Crippen molar-refractivity contribution in [2.24, 2.45) is 0 Å². The molecular weight excluding hydrogens is 607 g/mol. The van der Waals surface area contributed by atoms with Crippen LogP contribution in [0.1, 0.15) is 5.56 Å². The average molecular weight is 627 g/mol. The molecule has 0 aliphatic carbocycles. The predicted octanol–water partition coefficient (Wildman–Crippen LogP) is 7.35. The summed E-state index contributed by atoms with van der Waals surface area (Å²) in [6.45, 7) is 1.88. The molecule has 0 amide bonds. The Morgan fingerprint density at radius 2 is 1.38 bits per heavy atom. The third kappa shape index (κ3) is 6.28. The third-order valence-corrected chi connectivity index (χ3v) is 4.91. The molecule has 1 radical (unpaired) electrons. The van der Waals surface area contributed by atoms with Gasteiger partial charge >= 0.3 is 0 Å². The van der Waals surface area contributed by atoms with Gasteiger partial charge in [-0.1, -0.05) is 60.2 Å². The molecule has 0 fully saturated rings. The van der Waals surface area contributed by atoms with Gasteiger partial charge in [0, 0.05) is 32.5 Å². The average Bonchev–Trinajstić information content (AvgIpc) is 2.88. The second kappa shape index (κ2) is 12.1. The van der Waals surface area contributed by atoms with E-state index < -0.39 is 11.6 Å². The van der Waals surface area contributed by atoms with E-state index in [0.717, 1.165) is 28.5 Å². The molecule has 5 aromatic rings. The normalized spacial score (nSPS) is 9.97. The van der Waals surface area contributed by atoms with Crippen LogP contribution in [0.15, 0.2) is 103 Å². The first-order valence-electron chi connectivity index (χ1n) is 10.4. The minimum Gasteiger partial charge on any atom is -0.304 e. The van der Waals surface area contributed by atoms with Gasteiger partial charge < -0.3 is 9.97 Å². The number of hydrogen-bond donors (Lipinski definition) is 0. The standard InChI is InChI=1S/C17H12N.C12H8F2N.Ir/c1-3-7-14(8-4-1)16-11-12-17(18-13-16)15-9-5-2-6-10-15;1-8-5-6-11(15-7-8)9-3-2-4-10(13)12(9)14;/h1-9,11-13H;2,4-7H,1H3;/q2*-1;. The number of aryl methyl sites for hydroxylation is 1. The van der Waals surface area contributed by atoms with E-state index in [1.807, 2.05) is 61.7 Å². The fourth-order valence-electron chi connectivity index (χ4n) is 3.16. The molecule has 0 N–H and O–H groups in total. The van der Waals surface area contributed by atoms with Crippen molar-refractivity contribution in [3.63, 3.8) is 0 Å². The first-order chi connectivity index (χ1) is 16.1. The number of pyridine rings is 2. The maximum absolute atomic E-state index is 13.3. The molecule has 2 nitrogen and oxygen atoms in total. The molecular formula is C29H20F2IrN2-2. The van der Waals surface area contributed by atoms with Crippen LogP contribution in [0.25, 0.3) is 33.6 Å². The molecule has 2 aromatic heterocycles. The van der Waals surface area contributed by atoms with Gasteiger partial charge in [-0.15, -0.1) is 54.1 Å². The molecule has 0 saturated heterocycles. The van der Waals surface area contributed by atoms with E-state index in [0.29, 0.717) is 5.69 Å². The van der Waals surface area contributed by atoms with E-state index >= 15 is 0 Å². The van der Waals surface area contributed by atoms with Crippen molar-refractivity contribution in [3.05, 3.63) is 133 Å². The van der Waals surface area contributed by atoms with Crippen LogP contribution < -0.4 is 0 Å². The summed E-state index contributed by atoms with van der Waals surface area (Å²) < 4.78 is 26.3. The van der Waals surface area contributed by atoms with Crippen LogP contribution in [0, 0.1) is 30.7 Å². The van der Waals surface area contributed by atoms with Crippen LogP contribution in [-0.2, 0) is 20.1 Å². The second-order valence-electron chi connectivity index (χ2n) is 7.31. The molecule has 5 rings (SSSR count). The Bertz CT molecular complexity index is 1250. The van der Waals surface area contributed by atoms with E-state index in [2.05, 4.69) is 40.3 Å². The SMILES string of the molecule is Cc1ccc(-c2[c-]ccc(F)c2F)nc1.[Ir].[c-]1ccccc1-c1ccc(-c2ccccc2)cn1. The molecule has 5 heteroatoms. The summed E-state index contributed by atoms with van der Waals surface area (Å²) in [5, 5.41) is 0. The third-order valence-electron chi connectivity index (χ3n) is 4.91. The topological polar surface area (TPSA) is 25.8 Å². The largest absolute Gasteiger partial charge is 0.304 e. The van der Waals surface area contributed by atoms with Crippen molar-refractivity contribution in [1.82, 2.24) is 9.97 Å². The van der Waals surface area contributed by atoms with E-state index in [1.54, 1.807) is 18.3 Å². The number of nitrogens with zero attached hydrogens (tertiary/aromatic N) is 2. The van der Waals surface area contributed by atoms with E-state index in [4.69, 9.17) is 0 Å². The number of rotatable bonds is 3. The molecule has 0 unspecified atom stereocenters. The fourth-order valence-corrected chi connectivity index (χ4v) is 3.16. The molecule has 0 saturated carbocycles. The van der Waals surface area contributed by atoms with Crippen LogP contribution in [-0.4, -0.2) is 9.97 Å². The maximum atomic E-state index is 13.3. The summed E-state index contributed by atoms with van der Waals surface area (Å²) >= 11 is 0. The molecule has 0 aliphatic rings. The van der Waals surface area contributed by atoms with Crippen molar-refractivity contribution < 1.29 is 28.9 Å². The maximum Gasteiger partial charge on any atom is 0.0765 e. The first-order valence-corrected chi connectivity index (χ1v) is 10.4. The molecule has 0 aliphatic heterocycles. The van der Waals surface area contributed by atoms with Gasteiger partial charge in [-0.25, -0.2) is 4.39 Å². The van der Waals surface area contributed by atoms with Crippen LogP contribution in [0.2, 0.25) is 0 Å². The van der Waals surface area contributed by atoms with Gasteiger partial charge in [0.15, 0.2) is 0 Å². The summed E-state index contributed by atoms with van der Waals surface area (Å²) in [6.07, 6.45) is 3.51. The van der Waals surface area contributed by atoms with Crippen molar-refractivity contribution in [2.45, 2.75) is 6.92 Å². The van der Waals surface area contributed by atoms with Gasteiger partial charge in [0.25, 0.3) is 0 Å². The van der Waals surface area contributed by atoms with Crippen LogP contribution in [0.5, 0.6) is 0 Å². The zero-order valence-corrected chi connectivity index (χ0v) is 20.7. The van der Waals surface area contributed by atoms with Crippen molar-refractivity contribution in [3.8, 4) is 33.6 Å². The van der Waals surface area contributed by atoms with E-state index in [1.165, 1.54) is 11.6 Å². The number of aromatic nitrogens is 2. The molecule has 0 atom stereocenters. The van der Waals surface area contributed by atoms with Crippen molar-refractivity contribution in [2.75, 3.05) is 0 Å². The second-order valence-corrected chi connectivity index (χ2v) is 7.31. The molecule has 0 spiro atoms. The van der Waals surface area contributed by atoms with Crippen LogP contribution in [0.3, 0.4) is 0 Å². The molecule has 171 valence electrons. The summed E-state index contributed by atoms with van der Waals surface area (Å²) in [4.78, 5) is 8.51. The minimum atomic E-state index is -0.908. The summed E-state index contributed by atoms with van der Waals surface area (Å²) in [5.41, 5.74) is 5.72. The van der Waals surface area contributed by atoms with Gasteiger partial charge in [0.1, 0.15) is 0 Å². The van der Waals surface area contributed by atoms with E-state index in [9.17, 15) is 8.78 Å². The Hall–Kier alpha value is -3.53. The van der Waals surface area contributed by atoms with Crippen molar-refractivity contribution >= 4 is 0 Å². The number of hydrogen-bond acceptors (Lipinski definition) is 2. The Kier molecular flexibility index (Phi) is 8.92. The summed E-state index contributed by atoms with van der Waals surface area (Å²) in [6, 6.07) is 33.9. The molecule has 34 heavy (non-hydrogen) atoms. The van der Waals surface area contributed by atoms with Crippen LogP contribution >= 0.6 is 0 Å². The number of halogens is 2. The van der Waals surface area contributed by atoms with Crippen LogP contribution in [0.4, 0.5) is 8.78 Å². The Morgan fingerprint density at radius 3 is 2.03 bits per heavy atom. The minimum absolute atomic E-state index is 0. The monoisotopic (exact) mass is 627 g/mol. The summed E-state index contributed by atoms with van der Waals surface area (Å²) in [5.74, 6) is -1.79. The summed E-state index contributed by atoms with van der Waals surface area (Å²) in [7, 11) is 0. The predicted molar refractivity (Wildman–Crippen MR) is 127 cm³/mol. The number of benzene rings is 3. The zero-order chi connectivity index (χ0) is 23.0. The van der Waals surface area contributed by atoms with Gasteiger partial charge in [0.05, 0.1) is 11.6 Å². The van der Waals surface area contributed by atoms with Gasteiger partial charge in [-0.3, -0.25) is 4.39 Å². The van der Waals surface area contributed by atoms with Gasteiger partial charge in [-0.05, 0) is 35.0 Å². The smallest absolute Gasteiger partial charge is 0.0765 e. The molecule has 0 bridgehead atoms. The molecule has 3 aromatic carbocycles. The Labute approximate surface area is 211 Å². The van der Waals surface area contributed by atoms with Gasteiger partial charge in [0.2, 0.25) is 0 Å². The Morgan fingerprint density at radius 1 is 0.647 bits per heavy atom. The zero-order valence-electron chi connectivity index (χ0n) is 18.3. The van der Waals surface area contributed by atoms with E-state index in [-0.39, 0.29) is 25.7 Å². The Balaban J connectivity index is 0.000000188. The van der Waals surface area contributed by atoms with Gasteiger partial charge in [-0.2, -0.15) is 0 Å².